The van der Waals surface area contributed by atoms with Crippen LogP contribution in [0.5, 0.6) is 0 Å². The number of alkyl halides is 1. The van der Waals surface area contributed by atoms with Gasteiger partial charge in [-0.15, -0.1) is 0 Å². The summed E-state index contributed by atoms with van der Waals surface area (Å²) in [6, 6.07) is 9.99. The van der Waals surface area contributed by atoms with Gasteiger partial charge in [-0.25, -0.2) is 0 Å². The molecule has 0 fully saturated rings. The van der Waals surface area contributed by atoms with Crippen molar-refractivity contribution >= 4 is 55.0 Å². The fourth-order valence-corrected chi connectivity index (χ4v) is 3.32. The summed E-state index contributed by atoms with van der Waals surface area (Å²) in [6.07, 6.45) is 1.24. The number of carbonyl (C=O) groups excluding carboxylic acids is 1. The molecule has 5 nitrogen and oxygen atoms in total. The summed E-state index contributed by atoms with van der Waals surface area (Å²) in [5.41, 5.74) is 0.782. The molecule has 118 valence electrons. The van der Waals surface area contributed by atoms with Gasteiger partial charge in [-0.05, 0) is 18.6 Å². The summed E-state index contributed by atoms with van der Waals surface area (Å²) in [4.78, 5) is 11.2. The number of fused-ring (bicyclic) bond motifs is 1. The van der Waals surface area contributed by atoms with Crippen molar-refractivity contribution in [2.45, 2.75) is 17.7 Å². The Morgan fingerprint density at radius 1 is 1.14 bits per heavy atom. The molecule has 2 aromatic carbocycles. The number of carbonyl (C=O) groups is 1. The Morgan fingerprint density at radius 3 is 2.50 bits per heavy atom. The lowest BCUT2D eigenvalue weighted by molar-refractivity contribution is -0.116. The van der Waals surface area contributed by atoms with Crippen molar-refractivity contribution in [2.24, 2.45) is 0 Å². The molecular weight excluding hydrogens is 417 g/mol. The van der Waals surface area contributed by atoms with Crippen LogP contribution in [0.4, 0.5) is 5.69 Å². The van der Waals surface area contributed by atoms with Crippen molar-refractivity contribution < 1.29 is 17.8 Å². The third kappa shape index (κ3) is 4.17. The largest absolute Gasteiger partial charge is 0.385 e. The van der Waals surface area contributed by atoms with Crippen LogP contribution in [-0.4, -0.2) is 29.7 Å². The van der Waals surface area contributed by atoms with Gasteiger partial charge in [-0.1, -0.05) is 46.9 Å². The van der Waals surface area contributed by atoms with Gasteiger partial charge in [0.1, 0.15) is 10.7 Å². The molecule has 2 aromatic rings. The van der Waals surface area contributed by atoms with Crippen LogP contribution in [0.3, 0.4) is 0 Å². The number of nitrogens with one attached hydrogen (secondary N) is 1. The number of hydrogen-bond donors (Lipinski definition) is 2. The molecule has 0 atom stereocenters. The molecule has 22 heavy (non-hydrogen) atoms. The molecule has 0 spiro atoms. The zero-order valence-electron chi connectivity index (χ0n) is 11.8. The van der Waals surface area contributed by atoms with Crippen LogP contribution in [-0.2, 0) is 14.9 Å². The first kappa shape index (κ1) is 17.2. The molecule has 0 aromatic heterocycles. The lowest BCUT2D eigenvalue weighted by Gasteiger charge is -2.11. The third-order valence-electron chi connectivity index (χ3n) is 3.26. The Bertz CT molecular complexity index is 789. The summed E-state index contributed by atoms with van der Waals surface area (Å²) >= 11 is 2.05. The van der Waals surface area contributed by atoms with Crippen molar-refractivity contribution in [2.75, 3.05) is 16.3 Å². The van der Waals surface area contributed by atoms with Gasteiger partial charge in [-0.3, -0.25) is 9.35 Å². The van der Waals surface area contributed by atoms with Crippen LogP contribution in [0.15, 0.2) is 41.3 Å². The number of anilines is 1. The van der Waals surface area contributed by atoms with Crippen LogP contribution in [0.25, 0.3) is 10.8 Å². The fraction of sp³-hybridized carbons (Fsp3) is 0.267. The molecule has 2 rings (SSSR count). The van der Waals surface area contributed by atoms with Gasteiger partial charge in [0.15, 0.2) is 0 Å². The van der Waals surface area contributed by atoms with Crippen LogP contribution in [0, 0.1) is 0 Å². The van der Waals surface area contributed by atoms with Crippen molar-refractivity contribution in [3.8, 4) is 0 Å². The predicted octanol–water partition coefficient (Wildman–Crippen LogP) is 3.28. The molecule has 0 aliphatic carbocycles. The van der Waals surface area contributed by atoms with Gasteiger partial charge in [-0.2, -0.15) is 8.42 Å². The highest BCUT2D eigenvalue weighted by Gasteiger charge is 2.14. The highest BCUT2D eigenvalue weighted by atomic mass is 127. The highest BCUT2D eigenvalue weighted by Crippen LogP contribution is 2.28. The fourth-order valence-electron chi connectivity index (χ4n) is 2.24. The Kier molecular flexibility index (Phi) is 5.76. The monoisotopic (exact) mass is 433 g/mol. The lowest BCUT2D eigenvalue weighted by atomic mass is 10.1. The maximum absolute atomic E-state index is 11.4. The van der Waals surface area contributed by atoms with Gasteiger partial charge >= 0.3 is 0 Å². The Balaban J connectivity index is 2.23. The first-order valence-corrected chi connectivity index (χ1v) is 9.71. The van der Waals surface area contributed by atoms with Gasteiger partial charge in [0.25, 0.3) is 10.1 Å². The maximum atomic E-state index is 11.4. The first-order valence-electron chi connectivity index (χ1n) is 6.74. The second-order valence-corrected chi connectivity index (χ2v) is 6.99. The average Bonchev–Trinajstić information content (AvgIpc) is 2.49. The third-order valence-corrected chi connectivity index (χ3v) is 5.02. The zero-order valence-corrected chi connectivity index (χ0v) is 14.7. The summed E-state index contributed by atoms with van der Waals surface area (Å²) in [5, 5.41) is 4.41. The van der Waals surface area contributed by atoms with E-state index in [1.54, 1.807) is 24.3 Å². The molecule has 0 radical (unpaired) electrons. The minimum absolute atomic E-state index is 0.103. The Morgan fingerprint density at radius 2 is 1.82 bits per heavy atom. The van der Waals surface area contributed by atoms with Gasteiger partial charge in [0, 0.05) is 29.4 Å². The van der Waals surface area contributed by atoms with Crippen LogP contribution in [0.2, 0.25) is 0 Å². The molecule has 0 bridgehead atoms. The van der Waals surface area contributed by atoms with Crippen LogP contribution in [0.1, 0.15) is 12.8 Å². The molecule has 0 aliphatic rings. The second kappa shape index (κ2) is 7.38. The molecule has 2 N–H and O–H groups in total. The number of Topliss-reactive ketones (excluding diaryl/α,β-unsaturated/α-hetero) is 1. The number of halogens is 1. The number of rotatable bonds is 7. The van der Waals surface area contributed by atoms with E-state index in [1.807, 2.05) is 28.7 Å². The van der Waals surface area contributed by atoms with E-state index >= 15 is 0 Å². The lowest BCUT2D eigenvalue weighted by Crippen LogP contribution is -2.06. The SMILES string of the molecule is O=C(CI)CCCNc1cccc2c(S(=O)(=O)O)cccc12. The normalized spacial score (nSPS) is 11.5. The van der Waals surface area contributed by atoms with Crippen molar-refractivity contribution in [1.82, 2.24) is 0 Å². The predicted molar refractivity (Wildman–Crippen MR) is 95.4 cm³/mol. The summed E-state index contributed by atoms with van der Waals surface area (Å²) < 4.78 is 32.7. The van der Waals surface area contributed by atoms with E-state index in [0.29, 0.717) is 22.8 Å². The standard InChI is InChI=1S/C15H16INO4S/c16-10-11(18)4-3-9-17-14-7-1-6-13-12(14)5-2-8-15(13)22(19,20)21/h1-2,5-8,17H,3-4,9-10H2,(H,19,20,21). The van der Waals surface area contributed by atoms with Crippen LogP contribution >= 0.6 is 22.6 Å². The molecular formula is C15H16INO4S. The average molecular weight is 433 g/mol. The smallest absolute Gasteiger partial charge is 0.295 e. The molecule has 0 unspecified atom stereocenters. The van der Waals surface area contributed by atoms with E-state index in [2.05, 4.69) is 5.32 Å². The number of benzene rings is 2. The van der Waals surface area contributed by atoms with E-state index in [4.69, 9.17) is 0 Å². The molecule has 0 saturated heterocycles. The van der Waals surface area contributed by atoms with Crippen LogP contribution < -0.4 is 5.32 Å². The minimum Gasteiger partial charge on any atom is -0.385 e. The molecule has 0 aliphatic heterocycles. The van der Waals surface area contributed by atoms with Gasteiger partial charge in [0.2, 0.25) is 0 Å². The topological polar surface area (TPSA) is 83.5 Å². The van der Waals surface area contributed by atoms with E-state index < -0.39 is 10.1 Å². The van der Waals surface area contributed by atoms with E-state index in [1.165, 1.54) is 6.07 Å². The second-order valence-electron chi connectivity index (χ2n) is 4.83. The molecule has 7 heteroatoms. The Hall–Kier alpha value is -1.19. The summed E-state index contributed by atoms with van der Waals surface area (Å²) in [6.45, 7) is 0.623. The maximum Gasteiger partial charge on any atom is 0.295 e. The quantitative estimate of drug-likeness (QED) is 0.303. The zero-order chi connectivity index (χ0) is 16.2. The van der Waals surface area contributed by atoms with Crippen molar-refractivity contribution in [3.05, 3.63) is 36.4 Å². The molecule has 0 amide bonds. The number of ketones is 1. The summed E-state index contributed by atoms with van der Waals surface area (Å²) in [7, 11) is -4.26. The highest BCUT2D eigenvalue weighted by molar-refractivity contribution is 14.1. The van der Waals surface area contributed by atoms with Gasteiger partial charge in [0.05, 0.1) is 4.43 Å². The number of hydrogen-bond acceptors (Lipinski definition) is 4. The first-order chi connectivity index (χ1) is 10.4. The van der Waals surface area contributed by atoms with Crippen molar-refractivity contribution in [3.63, 3.8) is 0 Å². The molecule has 0 heterocycles. The molecule has 0 saturated carbocycles. The van der Waals surface area contributed by atoms with E-state index in [9.17, 15) is 17.8 Å². The summed E-state index contributed by atoms with van der Waals surface area (Å²) in [5.74, 6) is 0.217. The van der Waals surface area contributed by atoms with E-state index in [0.717, 1.165) is 17.5 Å². The van der Waals surface area contributed by atoms with Gasteiger partial charge < -0.3 is 5.32 Å². The van der Waals surface area contributed by atoms with E-state index in [-0.39, 0.29) is 10.7 Å². The van der Waals surface area contributed by atoms with Crippen molar-refractivity contribution in [1.29, 1.82) is 0 Å². The Labute approximate surface area is 143 Å². The minimum atomic E-state index is -4.26.